The van der Waals surface area contributed by atoms with E-state index in [1.807, 2.05) is 42.5 Å². The zero-order chi connectivity index (χ0) is 15.2. The van der Waals surface area contributed by atoms with Gasteiger partial charge in [-0.25, -0.2) is 4.98 Å². The van der Waals surface area contributed by atoms with Crippen LogP contribution in [0.2, 0.25) is 0 Å². The fourth-order valence-corrected chi connectivity index (χ4v) is 2.20. The molecule has 0 radical (unpaired) electrons. The Morgan fingerprint density at radius 1 is 1.14 bits per heavy atom. The first-order chi connectivity index (χ1) is 10.9. The third-order valence-corrected chi connectivity index (χ3v) is 3.27. The monoisotopic (exact) mass is 295 g/mol. The zero-order valence-corrected chi connectivity index (χ0v) is 12.1. The number of pyridine rings is 2. The number of rotatable bonds is 6. The molecular weight excluding hydrogens is 278 g/mol. The summed E-state index contributed by atoms with van der Waals surface area (Å²) >= 11 is 0. The van der Waals surface area contributed by atoms with Gasteiger partial charge in [0.2, 0.25) is 0 Å². The molecule has 0 amide bonds. The summed E-state index contributed by atoms with van der Waals surface area (Å²) in [6, 6.07) is 13.5. The van der Waals surface area contributed by atoms with Crippen molar-refractivity contribution in [2.75, 3.05) is 18.5 Å². The van der Waals surface area contributed by atoms with Crippen molar-refractivity contribution in [3.63, 3.8) is 0 Å². The van der Waals surface area contributed by atoms with Gasteiger partial charge in [-0.1, -0.05) is 18.2 Å². The minimum atomic E-state index is -0.0520. The van der Waals surface area contributed by atoms with Crippen molar-refractivity contribution in [1.82, 2.24) is 9.97 Å². The zero-order valence-electron chi connectivity index (χ0n) is 12.1. The highest BCUT2D eigenvalue weighted by Crippen LogP contribution is 2.20. The van der Waals surface area contributed by atoms with Gasteiger partial charge in [0.1, 0.15) is 18.2 Å². The third kappa shape index (κ3) is 3.32. The molecule has 0 aliphatic rings. The molecule has 0 aliphatic carbocycles. The lowest BCUT2D eigenvalue weighted by atomic mass is 10.1. The summed E-state index contributed by atoms with van der Waals surface area (Å²) in [7, 11) is 0. The molecule has 22 heavy (non-hydrogen) atoms. The normalized spacial score (nSPS) is 10.6. The summed E-state index contributed by atoms with van der Waals surface area (Å²) < 4.78 is 5.57. The molecule has 0 unspecified atom stereocenters. The summed E-state index contributed by atoms with van der Waals surface area (Å²) in [6.45, 7) is 1.03. The molecule has 5 nitrogen and oxygen atoms in total. The van der Waals surface area contributed by atoms with E-state index in [1.165, 1.54) is 0 Å². The van der Waals surface area contributed by atoms with Crippen LogP contribution in [0.5, 0.6) is 5.75 Å². The minimum Gasteiger partial charge on any atom is -0.490 e. The molecule has 3 rings (SSSR count). The molecule has 0 fully saturated rings. The molecule has 2 N–H and O–H groups in total. The van der Waals surface area contributed by atoms with Crippen molar-refractivity contribution < 1.29 is 9.84 Å². The number of anilines is 1. The van der Waals surface area contributed by atoms with Gasteiger partial charge in [0.05, 0.1) is 24.9 Å². The Morgan fingerprint density at radius 2 is 2.05 bits per heavy atom. The smallest absolute Gasteiger partial charge is 0.137 e. The highest BCUT2D eigenvalue weighted by molar-refractivity contribution is 5.81. The first kappa shape index (κ1) is 14.3. The number of aliphatic hydroxyl groups is 1. The molecule has 0 atom stereocenters. The van der Waals surface area contributed by atoms with Gasteiger partial charge in [0.25, 0.3) is 0 Å². The van der Waals surface area contributed by atoms with Crippen LogP contribution in [0.3, 0.4) is 0 Å². The van der Waals surface area contributed by atoms with Crippen molar-refractivity contribution in [1.29, 1.82) is 0 Å². The summed E-state index contributed by atoms with van der Waals surface area (Å²) in [6.07, 6.45) is 3.38. The molecule has 2 aromatic heterocycles. The maximum absolute atomic E-state index is 9.49. The van der Waals surface area contributed by atoms with Crippen LogP contribution >= 0.6 is 0 Å². The highest BCUT2D eigenvalue weighted by Gasteiger charge is 2.05. The number of fused-ring (bicyclic) bond motifs is 1. The Balaban J connectivity index is 1.65. The standard InChI is InChI=1S/C17H17N3O2/c21-12-14-10-13-4-1-2-6-16(13)20-17(14)19-8-9-22-15-5-3-7-18-11-15/h1-7,10-11,21H,8-9,12H2,(H,19,20). The van der Waals surface area contributed by atoms with Gasteiger partial charge in [-0.15, -0.1) is 0 Å². The molecule has 0 bridgehead atoms. The van der Waals surface area contributed by atoms with Crippen molar-refractivity contribution in [3.05, 3.63) is 60.4 Å². The maximum atomic E-state index is 9.49. The van der Waals surface area contributed by atoms with E-state index in [2.05, 4.69) is 15.3 Å². The molecule has 0 saturated heterocycles. The second-order valence-electron chi connectivity index (χ2n) is 4.81. The third-order valence-electron chi connectivity index (χ3n) is 3.27. The van der Waals surface area contributed by atoms with Crippen LogP contribution in [-0.4, -0.2) is 28.2 Å². The van der Waals surface area contributed by atoms with E-state index in [0.717, 1.165) is 22.2 Å². The van der Waals surface area contributed by atoms with Crippen LogP contribution in [0.25, 0.3) is 10.9 Å². The Kier molecular flexibility index (Phi) is 4.46. The van der Waals surface area contributed by atoms with Gasteiger partial charge in [-0.05, 0) is 24.3 Å². The van der Waals surface area contributed by atoms with E-state index in [0.29, 0.717) is 19.0 Å². The van der Waals surface area contributed by atoms with Crippen LogP contribution in [0.4, 0.5) is 5.82 Å². The fraction of sp³-hybridized carbons (Fsp3) is 0.176. The number of nitrogens with zero attached hydrogens (tertiary/aromatic N) is 2. The number of benzene rings is 1. The van der Waals surface area contributed by atoms with E-state index in [9.17, 15) is 5.11 Å². The Hall–Kier alpha value is -2.66. The Labute approximate surface area is 128 Å². The lowest BCUT2D eigenvalue weighted by molar-refractivity contribution is 0.282. The number of aliphatic hydroxyl groups excluding tert-OH is 1. The lowest BCUT2D eigenvalue weighted by Crippen LogP contribution is -2.14. The first-order valence-corrected chi connectivity index (χ1v) is 7.13. The largest absolute Gasteiger partial charge is 0.490 e. The summed E-state index contributed by atoms with van der Waals surface area (Å²) in [5, 5.41) is 13.7. The lowest BCUT2D eigenvalue weighted by Gasteiger charge is -2.12. The molecule has 1 aromatic carbocycles. The van der Waals surface area contributed by atoms with E-state index in [-0.39, 0.29) is 6.61 Å². The number of nitrogens with one attached hydrogen (secondary N) is 1. The Morgan fingerprint density at radius 3 is 2.86 bits per heavy atom. The SMILES string of the molecule is OCc1cc2ccccc2nc1NCCOc1cccnc1. The quantitative estimate of drug-likeness (QED) is 0.684. The van der Waals surface area contributed by atoms with E-state index >= 15 is 0 Å². The van der Waals surface area contributed by atoms with E-state index in [4.69, 9.17) is 4.74 Å². The predicted octanol–water partition coefficient (Wildman–Crippen LogP) is 2.61. The molecule has 0 aliphatic heterocycles. The van der Waals surface area contributed by atoms with Crippen molar-refractivity contribution in [2.24, 2.45) is 0 Å². The first-order valence-electron chi connectivity index (χ1n) is 7.13. The van der Waals surface area contributed by atoms with Crippen LogP contribution in [-0.2, 0) is 6.61 Å². The van der Waals surface area contributed by atoms with Gasteiger partial charge >= 0.3 is 0 Å². The highest BCUT2D eigenvalue weighted by atomic mass is 16.5. The molecule has 2 heterocycles. The van der Waals surface area contributed by atoms with Crippen molar-refractivity contribution in [3.8, 4) is 5.75 Å². The number of aromatic nitrogens is 2. The van der Waals surface area contributed by atoms with Crippen molar-refractivity contribution >= 4 is 16.7 Å². The summed E-state index contributed by atoms with van der Waals surface area (Å²) in [5.74, 6) is 1.43. The summed E-state index contributed by atoms with van der Waals surface area (Å²) in [4.78, 5) is 8.54. The predicted molar refractivity (Wildman–Crippen MR) is 85.9 cm³/mol. The fourth-order valence-electron chi connectivity index (χ4n) is 2.20. The van der Waals surface area contributed by atoms with Crippen LogP contribution in [0.1, 0.15) is 5.56 Å². The van der Waals surface area contributed by atoms with Crippen LogP contribution in [0, 0.1) is 0 Å². The number of ether oxygens (including phenoxy) is 1. The van der Waals surface area contributed by atoms with E-state index < -0.39 is 0 Å². The molecule has 3 aromatic rings. The molecular formula is C17H17N3O2. The molecule has 0 spiro atoms. The number of para-hydroxylation sites is 1. The van der Waals surface area contributed by atoms with Crippen LogP contribution in [0.15, 0.2) is 54.9 Å². The van der Waals surface area contributed by atoms with E-state index in [1.54, 1.807) is 12.4 Å². The van der Waals surface area contributed by atoms with Gasteiger partial charge in [-0.3, -0.25) is 4.98 Å². The summed E-state index contributed by atoms with van der Waals surface area (Å²) in [5.41, 5.74) is 1.68. The van der Waals surface area contributed by atoms with Gasteiger partial charge in [0, 0.05) is 17.1 Å². The number of hydrogen-bond donors (Lipinski definition) is 2. The van der Waals surface area contributed by atoms with Crippen LogP contribution < -0.4 is 10.1 Å². The molecule has 5 heteroatoms. The van der Waals surface area contributed by atoms with Crippen molar-refractivity contribution in [2.45, 2.75) is 6.61 Å². The second kappa shape index (κ2) is 6.87. The van der Waals surface area contributed by atoms with Gasteiger partial charge < -0.3 is 15.2 Å². The molecule has 112 valence electrons. The maximum Gasteiger partial charge on any atom is 0.137 e. The van der Waals surface area contributed by atoms with Gasteiger partial charge in [0.15, 0.2) is 0 Å². The second-order valence-corrected chi connectivity index (χ2v) is 4.81. The minimum absolute atomic E-state index is 0.0520. The average molecular weight is 295 g/mol. The molecule has 0 saturated carbocycles. The topological polar surface area (TPSA) is 67.3 Å². The average Bonchev–Trinajstić information content (AvgIpc) is 2.59. The Bertz CT molecular complexity index is 747. The number of hydrogen-bond acceptors (Lipinski definition) is 5. The van der Waals surface area contributed by atoms with Gasteiger partial charge in [-0.2, -0.15) is 0 Å².